The van der Waals surface area contributed by atoms with E-state index in [4.69, 9.17) is 16.3 Å². The van der Waals surface area contributed by atoms with Crippen LogP contribution in [0.3, 0.4) is 0 Å². The normalized spacial score (nSPS) is 10.7. The van der Waals surface area contributed by atoms with E-state index in [1.165, 1.54) is 12.1 Å². The first-order valence-electron chi connectivity index (χ1n) is 8.32. The Hall–Kier alpha value is -3.18. The Morgan fingerprint density at radius 3 is 2.63 bits per heavy atom. The zero-order valence-corrected chi connectivity index (χ0v) is 14.9. The molecule has 0 saturated heterocycles. The van der Waals surface area contributed by atoms with Gasteiger partial charge in [-0.2, -0.15) is 0 Å². The van der Waals surface area contributed by atoms with E-state index in [0.29, 0.717) is 17.4 Å². The summed E-state index contributed by atoms with van der Waals surface area (Å²) < 4.78 is 18.7. The number of fused-ring (bicyclic) bond motifs is 1. The molecule has 0 radical (unpaired) electrons. The third-order valence-electron chi connectivity index (χ3n) is 4.01. The fourth-order valence-corrected chi connectivity index (χ4v) is 2.91. The Morgan fingerprint density at radius 1 is 0.963 bits per heavy atom. The topological polar surface area (TPSA) is 47.0 Å². The number of hydrogen-bond acceptors (Lipinski definition) is 4. The fraction of sp³-hybridized carbons (Fsp3) is 0.0476. The first-order chi connectivity index (χ1) is 13.2. The molecule has 0 unspecified atom stereocenters. The second-order valence-corrected chi connectivity index (χ2v) is 6.32. The number of aromatic nitrogens is 2. The molecule has 0 atom stereocenters. The van der Waals surface area contributed by atoms with Crippen LogP contribution in [0.4, 0.5) is 15.8 Å². The van der Waals surface area contributed by atoms with Gasteiger partial charge in [0.2, 0.25) is 0 Å². The summed E-state index contributed by atoms with van der Waals surface area (Å²) in [6.07, 6.45) is 3.46. The van der Waals surface area contributed by atoms with E-state index in [1.54, 1.807) is 36.7 Å². The molecule has 4 aromatic rings. The van der Waals surface area contributed by atoms with Gasteiger partial charge in [-0.25, -0.2) is 4.39 Å². The highest BCUT2D eigenvalue weighted by molar-refractivity contribution is 6.32. The summed E-state index contributed by atoms with van der Waals surface area (Å²) in [5.41, 5.74) is 4.12. The third-order valence-corrected chi connectivity index (χ3v) is 4.31. The zero-order valence-electron chi connectivity index (χ0n) is 14.2. The molecule has 2 heterocycles. The monoisotopic (exact) mass is 379 g/mol. The molecule has 0 aliphatic heterocycles. The van der Waals surface area contributed by atoms with Gasteiger partial charge < -0.3 is 10.1 Å². The van der Waals surface area contributed by atoms with E-state index in [1.807, 2.05) is 24.3 Å². The zero-order chi connectivity index (χ0) is 18.6. The van der Waals surface area contributed by atoms with E-state index < -0.39 is 0 Å². The lowest BCUT2D eigenvalue weighted by Crippen LogP contribution is -1.97. The van der Waals surface area contributed by atoms with Crippen molar-refractivity contribution in [3.8, 4) is 5.75 Å². The number of pyridine rings is 2. The maximum absolute atomic E-state index is 13.0. The van der Waals surface area contributed by atoms with Crippen molar-refractivity contribution in [2.24, 2.45) is 0 Å². The van der Waals surface area contributed by atoms with Crippen molar-refractivity contribution < 1.29 is 9.13 Å². The number of benzene rings is 2. The van der Waals surface area contributed by atoms with Crippen molar-refractivity contribution in [3.63, 3.8) is 0 Å². The lowest BCUT2D eigenvalue weighted by molar-refractivity contribution is 0.306. The molecule has 2 aromatic heterocycles. The molecule has 0 amide bonds. The molecule has 2 aromatic carbocycles. The predicted molar refractivity (Wildman–Crippen MR) is 105 cm³/mol. The van der Waals surface area contributed by atoms with Crippen LogP contribution in [-0.2, 0) is 6.61 Å². The maximum atomic E-state index is 13.0. The number of hydrogen-bond donors (Lipinski definition) is 1. The van der Waals surface area contributed by atoms with Crippen molar-refractivity contribution in [2.45, 2.75) is 6.61 Å². The molecule has 4 rings (SSSR count). The van der Waals surface area contributed by atoms with Crippen molar-refractivity contribution in [3.05, 3.63) is 89.5 Å². The lowest BCUT2D eigenvalue weighted by Gasteiger charge is -2.12. The van der Waals surface area contributed by atoms with Crippen LogP contribution >= 0.6 is 11.6 Å². The van der Waals surface area contributed by atoms with Crippen LogP contribution in [0, 0.1) is 5.82 Å². The van der Waals surface area contributed by atoms with E-state index in [-0.39, 0.29) is 5.82 Å². The van der Waals surface area contributed by atoms with Gasteiger partial charge in [-0.1, -0.05) is 23.7 Å². The van der Waals surface area contributed by atoms with Crippen LogP contribution in [0.2, 0.25) is 5.02 Å². The van der Waals surface area contributed by atoms with E-state index in [2.05, 4.69) is 15.3 Å². The number of ether oxygens (including phenoxy) is 1. The minimum atomic E-state index is -0.273. The van der Waals surface area contributed by atoms with Crippen LogP contribution in [-0.4, -0.2) is 9.97 Å². The van der Waals surface area contributed by atoms with Gasteiger partial charge >= 0.3 is 0 Å². The van der Waals surface area contributed by atoms with Crippen molar-refractivity contribution >= 4 is 34.0 Å². The molecule has 0 aliphatic carbocycles. The Bertz CT molecular complexity index is 1080. The van der Waals surface area contributed by atoms with Crippen LogP contribution in [0.15, 0.2) is 73.1 Å². The number of nitrogens with one attached hydrogen (secondary N) is 1. The quantitative estimate of drug-likeness (QED) is 0.480. The number of rotatable bonds is 5. The number of halogens is 2. The number of anilines is 2. The van der Waals surface area contributed by atoms with Gasteiger partial charge in [0.25, 0.3) is 0 Å². The predicted octanol–water partition coefficient (Wildman–Crippen LogP) is 5.74. The van der Waals surface area contributed by atoms with Gasteiger partial charge in [0, 0.05) is 18.1 Å². The van der Waals surface area contributed by atoms with Crippen LogP contribution in [0.1, 0.15) is 5.56 Å². The molecule has 0 bridgehead atoms. The van der Waals surface area contributed by atoms with Gasteiger partial charge in [-0.15, -0.1) is 0 Å². The average Bonchev–Trinajstić information content (AvgIpc) is 2.69. The molecular weight excluding hydrogens is 365 g/mol. The summed E-state index contributed by atoms with van der Waals surface area (Å²) in [5, 5.41) is 3.79. The van der Waals surface area contributed by atoms with Gasteiger partial charge in [0.05, 0.1) is 16.2 Å². The molecule has 0 saturated carbocycles. The van der Waals surface area contributed by atoms with Crippen LogP contribution in [0.25, 0.3) is 11.0 Å². The molecule has 0 fully saturated rings. The van der Waals surface area contributed by atoms with Gasteiger partial charge in [0.1, 0.15) is 23.7 Å². The first-order valence-corrected chi connectivity index (χ1v) is 8.70. The highest BCUT2D eigenvalue weighted by Gasteiger charge is 2.07. The summed E-state index contributed by atoms with van der Waals surface area (Å²) in [5.74, 6) is 0.287. The standard InChI is InChI=1S/C21H15ClFN3O/c22-17-12-16(26-19-9-11-24-18-2-1-10-25-21(18)19)7-8-20(17)27-13-14-3-5-15(23)6-4-14/h1-12H,13H2,(H,24,26). The Labute approximate surface area is 160 Å². The summed E-state index contributed by atoms with van der Waals surface area (Å²) in [6.45, 7) is 0.311. The molecule has 4 nitrogen and oxygen atoms in total. The number of nitrogens with zero attached hydrogens (tertiary/aromatic N) is 2. The second kappa shape index (κ2) is 7.60. The van der Waals surface area contributed by atoms with Crippen molar-refractivity contribution in [1.29, 1.82) is 0 Å². The Morgan fingerprint density at radius 2 is 1.81 bits per heavy atom. The molecule has 0 spiro atoms. The van der Waals surface area contributed by atoms with Gasteiger partial charge in [0.15, 0.2) is 0 Å². The van der Waals surface area contributed by atoms with Crippen LogP contribution < -0.4 is 10.1 Å². The Balaban J connectivity index is 1.50. The average molecular weight is 380 g/mol. The molecular formula is C21H15ClFN3O. The summed E-state index contributed by atoms with van der Waals surface area (Å²) in [6, 6.07) is 17.3. The van der Waals surface area contributed by atoms with E-state index in [9.17, 15) is 4.39 Å². The molecule has 134 valence electrons. The van der Waals surface area contributed by atoms with E-state index >= 15 is 0 Å². The summed E-state index contributed by atoms with van der Waals surface area (Å²) in [7, 11) is 0. The molecule has 27 heavy (non-hydrogen) atoms. The highest BCUT2D eigenvalue weighted by atomic mass is 35.5. The first kappa shape index (κ1) is 17.2. The summed E-state index contributed by atoms with van der Waals surface area (Å²) >= 11 is 6.35. The van der Waals surface area contributed by atoms with Crippen molar-refractivity contribution in [2.75, 3.05) is 5.32 Å². The lowest BCUT2D eigenvalue weighted by atomic mass is 10.2. The molecule has 1 N–H and O–H groups in total. The smallest absolute Gasteiger partial charge is 0.138 e. The SMILES string of the molecule is Fc1ccc(COc2ccc(Nc3ccnc4cccnc34)cc2Cl)cc1. The van der Waals surface area contributed by atoms with Gasteiger partial charge in [-0.3, -0.25) is 9.97 Å². The Kier molecular flexibility index (Phi) is 4.85. The van der Waals surface area contributed by atoms with Crippen molar-refractivity contribution in [1.82, 2.24) is 9.97 Å². The largest absolute Gasteiger partial charge is 0.487 e. The molecule has 6 heteroatoms. The maximum Gasteiger partial charge on any atom is 0.138 e. The van der Waals surface area contributed by atoms with Gasteiger partial charge in [-0.05, 0) is 54.1 Å². The third kappa shape index (κ3) is 3.99. The highest BCUT2D eigenvalue weighted by Crippen LogP contribution is 2.31. The van der Waals surface area contributed by atoms with E-state index in [0.717, 1.165) is 28.0 Å². The molecule has 0 aliphatic rings. The minimum absolute atomic E-state index is 0.273. The van der Waals surface area contributed by atoms with Crippen LogP contribution in [0.5, 0.6) is 5.75 Å². The summed E-state index contributed by atoms with van der Waals surface area (Å²) in [4.78, 5) is 8.68. The fourth-order valence-electron chi connectivity index (χ4n) is 2.67. The second-order valence-electron chi connectivity index (χ2n) is 5.91. The minimum Gasteiger partial charge on any atom is -0.487 e.